The van der Waals surface area contributed by atoms with E-state index < -0.39 is 15.8 Å². The molecule has 0 saturated heterocycles. The van der Waals surface area contributed by atoms with Gasteiger partial charge in [-0.1, -0.05) is 0 Å². The Balaban J connectivity index is 2.23. The number of sulfonamides is 1. The highest BCUT2D eigenvalue weighted by Crippen LogP contribution is 2.28. The monoisotopic (exact) mass is 331 g/mol. The van der Waals surface area contributed by atoms with Crippen LogP contribution in [0.2, 0.25) is 0 Å². The van der Waals surface area contributed by atoms with Gasteiger partial charge < -0.3 is 10.5 Å². The number of nitrogens with two attached hydrogens (primary N) is 1. The largest absolute Gasteiger partial charge is 0.492 e. The van der Waals surface area contributed by atoms with Gasteiger partial charge in [0.25, 0.3) is 0 Å². The van der Waals surface area contributed by atoms with E-state index in [1.54, 1.807) is 6.20 Å². The number of benzene rings is 1. The minimum Gasteiger partial charge on any atom is -0.492 e. The van der Waals surface area contributed by atoms with Crippen molar-refractivity contribution in [3.05, 3.63) is 34.0 Å². The van der Waals surface area contributed by atoms with Crippen molar-refractivity contribution in [2.45, 2.75) is 18.4 Å². The first-order valence-corrected chi connectivity index (χ1v) is 8.17. The second kappa shape index (κ2) is 5.96. The molecule has 114 valence electrons. The van der Waals surface area contributed by atoms with Crippen LogP contribution in [0.3, 0.4) is 0 Å². The molecule has 0 spiro atoms. The summed E-state index contributed by atoms with van der Waals surface area (Å²) in [7, 11) is -2.61. The first-order valence-electron chi connectivity index (χ1n) is 5.87. The molecule has 9 heteroatoms. The molecule has 1 aromatic carbocycles. The number of ether oxygens (including phenoxy) is 1. The zero-order valence-corrected chi connectivity index (χ0v) is 13.0. The molecule has 0 aliphatic carbocycles. The van der Waals surface area contributed by atoms with Crippen LogP contribution in [-0.2, 0) is 16.6 Å². The number of nitrogens with zero attached hydrogens (tertiary/aromatic N) is 1. The molecule has 0 amide bonds. The maximum Gasteiger partial charge on any atom is 0.241 e. The average molecular weight is 331 g/mol. The molecule has 3 N–H and O–H groups in total. The third-order valence-corrected chi connectivity index (χ3v) is 4.96. The van der Waals surface area contributed by atoms with Crippen LogP contribution in [0.15, 0.2) is 23.2 Å². The summed E-state index contributed by atoms with van der Waals surface area (Å²) in [4.78, 5) is 4.54. The second-order valence-corrected chi connectivity index (χ2v) is 7.28. The van der Waals surface area contributed by atoms with Gasteiger partial charge in [-0.15, -0.1) is 11.3 Å². The quantitative estimate of drug-likeness (QED) is 0.813. The highest BCUT2D eigenvalue weighted by Gasteiger charge is 2.19. The summed E-state index contributed by atoms with van der Waals surface area (Å²) >= 11 is 1.38. The Morgan fingerprint density at radius 3 is 2.71 bits per heavy atom. The molecule has 0 radical (unpaired) electrons. The minimum atomic E-state index is -3.87. The van der Waals surface area contributed by atoms with E-state index in [0.717, 1.165) is 22.0 Å². The van der Waals surface area contributed by atoms with Crippen LogP contribution in [0, 0.1) is 12.7 Å². The van der Waals surface area contributed by atoms with E-state index in [-0.39, 0.29) is 22.9 Å². The number of anilines is 1. The standard InChI is InChI=1S/C12H14FN3O3S2/c1-7-15-5-8(20-7)6-16-21(17,18)9-3-10(13)12(19-2)11(14)4-9/h3-5,16H,6,14H2,1-2H3. The van der Waals surface area contributed by atoms with Crippen molar-refractivity contribution in [1.29, 1.82) is 0 Å². The number of halogens is 1. The van der Waals surface area contributed by atoms with Gasteiger partial charge in [0.2, 0.25) is 10.0 Å². The Bertz CT molecular complexity index is 736. The molecule has 0 bridgehead atoms. The van der Waals surface area contributed by atoms with E-state index >= 15 is 0 Å². The van der Waals surface area contributed by atoms with Crippen molar-refractivity contribution in [3.63, 3.8) is 0 Å². The highest BCUT2D eigenvalue weighted by molar-refractivity contribution is 7.89. The molecule has 6 nitrogen and oxygen atoms in total. The molecule has 1 heterocycles. The van der Waals surface area contributed by atoms with Crippen LogP contribution in [0.25, 0.3) is 0 Å². The van der Waals surface area contributed by atoms with Gasteiger partial charge in [0.15, 0.2) is 11.6 Å². The van der Waals surface area contributed by atoms with Gasteiger partial charge in [0.05, 0.1) is 22.7 Å². The fraction of sp³-hybridized carbons (Fsp3) is 0.250. The second-order valence-electron chi connectivity index (χ2n) is 4.20. The van der Waals surface area contributed by atoms with Gasteiger partial charge in [0, 0.05) is 17.6 Å². The number of thiazole rings is 1. The van der Waals surface area contributed by atoms with Crippen LogP contribution < -0.4 is 15.2 Å². The van der Waals surface area contributed by atoms with Crippen molar-refractivity contribution in [1.82, 2.24) is 9.71 Å². The molecule has 0 saturated carbocycles. The Morgan fingerprint density at radius 2 is 2.19 bits per heavy atom. The predicted octanol–water partition coefficient (Wildman–Crippen LogP) is 1.66. The average Bonchev–Trinajstić information content (AvgIpc) is 2.82. The zero-order chi connectivity index (χ0) is 15.6. The molecule has 0 aliphatic rings. The molecule has 1 aromatic heterocycles. The van der Waals surface area contributed by atoms with Gasteiger partial charge in [-0.2, -0.15) is 0 Å². The Labute approximate surface area is 125 Å². The fourth-order valence-corrected chi connectivity index (χ4v) is 3.57. The van der Waals surface area contributed by atoms with Crippen molar-refractivity contribution < 1.29 is 17.5 Å². The number of methoxy groups -OCH3 is 1. The number of hydrogen-bond donors (Lipinski definition) is 2. The third-order valence-electron chi connectivity index (χ3n) is 2.67. The first kappa shape index (κ1) is 15.7. The molecular formula is C12H14FN3O3S2. The molecule has 0 unspecified atom stereocenters. The lowest BCUT2D eigenvalue weighted by Gasteiger charge is -2.10. The van der Waals surface area contributed by atoms with E-state index in [4.69, 9.17) is 10.5 Å². The molecule has 21 heavy (non-hydrogen) atoms. The van der Waals surface area contributed by atoms with Gasteiger partial charge in [-0.25, -0.2) is 22.5 Å². The van der Waals surface area contributed by atoms with E-state index in [0.29, 0.717) is 0 Å². The maximum atomic E-state index is 13.7. The summed E-state index contributed by atoms with van der Waals surface area (Å²) in [6.07, 6.45) is 1.59. The summed E-state index contributed by atoms with van der Waals surface area (Å²) in [5, 5.41) is 0.837. The molecule has 2 aromatic rings. The molecule has 0 fully saturated rings. The van der Waals surface area contributed by atoms with E-state index in [1.165, 1.54) is 18.4 Å². The van der Waals surface area contributed by atoms with Crippen molar-refractivity contribution in [2.75, 3.05) is 12.8 Å². The number of nitrogen functional groups attached to an aromatic ring is 1. The minimum absolute atomic E-state index is 0.0773. The summed E-state index contributed by atoms with van der Waals surface area (Å²) in [5.41, 5.74) is 5.50. The van der Waals surface area contributed by atoms with Crippen LogP contribution in [-0.4, -0.2) is 20.5 Å². The van der Waals surface area contributed by atoms with Crippen LogP contribution in [0.5, 0.6) is 5.75 Å². The zero-order valence-electron chi connectivity index (χ0n) is 11.4. The molecule has 0 atom stereocenters. The molecule has 2 rings (SSSR count). The van der Waals surface area contributed by atoms with Crippen molar-refractivity contribution >= 4 is 27.0 Å². The lowest BCUT2D eigenvalue weighted by molar-refractivity contribution is 0.388. The summed E-state index contributed by atoms with van der Waals surface area (Å²) < 4.78 is 45.1. The lowest BCUT2D eigenvalue weighted by Crippen LogP contribution is -2.23. The van der Waals surface area contributed by atoms with E-state index in [2.05, 4.69) is 9.71 Å². The third kappa shape index (κ3) is 3.49. The molecule has 0 aliphatic heterocycles. The van der Waals surface area contributed by atoms with Gasteiger partial charge in [-0.05, 0) is 19.1 Å². The first-order chi connectivity index (χ1) is 9.83. The smallest absolute Gasteiger partial charge is 0.241 e. The number of aryl methyl sites for hydroxylation is 1. The van der Waals surface area contributed by atoms with Gasteiger partial charge in [0.1, 0.15) is 0 Å². The SMILES string of the molecule is COc1c(N)cc(S(=O)(=O)NCc2cnc(C)s2)cc1F. The lowest BCUT2D eigenvalue weighted by atomic mass is 10.3. The Hall–Kier alpha value is -1.71. The maximum absolute atomic E-state index is 13.7. The Kier molecular flexibility index (Phi) is 4.45. The van der Waals surface area contributed by atoms with Crippen molar-refractivity contribution in [3.8, 4) is 5.75 Å². The van der Waals surface area contributed by atoms with Gasteiger partial charge in [-0.3, -0.25) is 0 Å². The summed E-state index contributed by atoms with van der Waals surface area (Å²) in [6.45, 7) is 1.91. The van der Waals surface area contributed by atoms with Crippen molar-refractivity contribution in [2.24, 2.45) is 0 Å². The summed E-state index contributed by atoms with van der Waals surface area (Å²) in [5.74, 6) is -1.00. The highest BCUT2D eigenvalue weighted by atomic mass is 32.2. The normalized spacial score (nSPS) is 11.6. The number of aromatic nitrogens is 1. The number of nitrogens with one attached hydrogen (secondary N) is 1. The molecular weight excluding hydrogens is 317 g/mol. The number of rotatable bonds is 5. The van der Waals surface area contributed by atoms with Crippen LogP contribution >= 0.6 is 11.3 Å². The summed E-state index contributed by atoms with van der Waals surface area (Å²) in [6, 6.07) is 2.03. The van der Waals surface area contributed by atoms with Crippen LogP contribution in [0.4, 0.5) is 10.1 Å². The van der Waals surface area contributed by atoms with Crippen LogP contribution in [0.1, 0.15) is 9.88 Å². The van der Waals surface area contributed by atoms with E-state index in [9.17, 15) is 12.8 Å². The van der Waals surface area contributed by atoms with Gasteiger partial charge >= 0.3 is 0 Å². The topological polar surface area (TPSA) is 94.3 Å². The van der Waals surface area contributed by atoms with E-state index in [1.807, 2.05) is 6.92 Å². The predicted molar refractivity (Wildman–Crippen MR) is 78.2 cm³/mol. The number of hydrogen-bond acceptors (Lipinski definition) is 6. The fourth-order valence-electron chi connectivity index (χ4n) is 1.70. The Morgan fingerprint density at radius 1 is 1.48 bits per heavy atom.